The fourth-order valence-electron chi connectivity index (χ4n) is 3.74. The molecule has 1 aromatic rings. The summed E-state index contributed by atoms with van der Waals surface area (Å²) in [5, 5.41) is 3.09. The van der Waals surface area contributed by atoms with Gasteiger partial charge >= 0.3 is 0 Å². The van der Waals surface area contributed by atoms with Gasteiger partial charge in [0.2, 0.25) is 11.8 Å². The van der Waals surface area contributed by atoms with Crippen molar-refractivity contribution >= 4 is 11.8 Å². The van der Waals surface area contributed by atoms with Crippen molar-refractivity contribution in [2.75, 3.05) is 33.3 Å². The second-order valence-corrected chi connectivity index (χ2v) is 7.51. The van der Waals surface area contributed by atoms with Gasteiger partial charge in [0, 0.05) is 51.6 Å². The number of ether oxygens (including phenoxy) is 1. The van der Waals surface area contributed by atoms with E-state index in [1.807, 2.05) is 19.9 Å². The summed E-state index contributed by atoms with van der Waals surface area (Å²) in [6, 6.07) is 5.23. The zero-order chi connectivity index (χ0) is 21.2. The highest BCUT2D eigenvalue weighted by molar-refractivity contribution is 5.79. The number of likely N-dealkylation sites (tertiary alicyclic amines) is 1. The van der Waals surface area contributed by atoms with E-state index in [0.717, 1.165) is 31.5 Å². The van der Waals surface area contributed by atoms with Gasteiger partial charge in [0.25, 0.3) is 0 Å². The summed E-state index contributed by atoms with van der Waals surface area (Å²) in [6.45, 7) is 7.76. The minimum atomic E-state index is -0.341. The fraction of sp³-hybridized carbons (Fsp3) is 0.636. The topological polar surface area (TPSA) is 61.9 Å². The molecular formula is C22H34FN3O3. The van der Waals surface area contributed by atoms with E-state index in [1.165, 1.54) is 13.2 Å². The number of nitrogens with zero attached hydrogens (tertiary/aromatic N) is 2. The summed E-state index contributed by atoms with van der Waals surface area (Å²) >= 11 is 0. The van der Waals surface area contributed by atoms with Crippen LogP contribution < -0.4 is 10.1 Å². The van der Waals surface area contributed by atoms with Crippen LogP contribution in [0.5, 0.6) is 5.75 Å². The van der Waals surface area contributed by atoms with E-state index in [4.69, 9.17) is 4.74 Å². The first-order valence-electron chi connectivity index (χ1n) is 10.6. The van der Waals surface area contributed by atoms with Crippen molar-refractivity contribution in [2.24, 2.45) is 0 Å². The molecule has 1 saturated heterocycles. The predicted octanol–water partition coefficient (Wildman–Crippen LogP) is 2.95. The number of amides is 2. The highest BCUT2D eigenvalue weighted by Crippen LogP contribution is 2.20. The molecule has 0 aliphatic carbocycles. The fourth-order valence-corrected chi connectivity index (χ4v) is 3.74. The zero-order valence-corrected chi connectivity index (χ0v) is 17.9. The van der Waals surface area contributed by atoms with Gasteiger partial charge in [0.05, 0.1) is 7.11 Å². The van der Waals surface area contributed by atoms with Gasteiger partial charge in [0.1, 0.15) is 0 Å². The molecule has 162 valence electrons. The van der Waals surface area contributed by atoms with Gasteiger partial charge in [-0.15, -0.1) is 0 Å². The average molecular weight is 408 g/mol. The van der Waals surface area contributed by atoms with Crippen LogP contribution in [0.15, 0.2) is 18.2 Å². The van der Waals surface area contributed by atoms with E-state index in [2.05, 4.69) is 10.2 Å². The Morgan fingerprint density at radius 2 is 1.90 bits per heavy atom. The molecule has 0 unspecified atom stereocenters. The quantitative estimate of drug-likeness (QED) is 0.648. The third-order valence-corrected chi connectivity index (χ3v) is 5.49. The highest BCUT2D eigenvalue weighted by Gasteiger charge is 2.21. The van der Waals surface area contributed by atoms with Crippen LogP contribution in [-0.2, 0) is 16.1 Å². The Balaban J connectivity index is 1.66. The van der Waals surface area contributed by atoms with Crippen LogP contribution in [0.3, 0.4) is 0 Å². The minimum Gasteiger partial charge on any atom is -0.494 e. The Bertz CT molecular complexity index is 671. The molecule has 0 aromatic heterocycles. The second-order valence-electron chi connectivity index (χ2n) is 7.51. The monoisotopic (exact) mass is 407 g/mol. The molecule has 1 heterocycles. The van der Waals surface area contributed by atoms with Crippen LogP contribution in [0.1, 0.15) is 51.5 Å². The first-order chi connectivity index (χ1) is 14.0. The Kier molecular flexibility index (Phi) is 9.38. The lowest BCUT2D eigenvalue weighted by Crippen LogP contribution is -2.44. The van der Waals surface area contributed by atoms with E-state index in [-0.39, 0.29) is 29.4 Å². The minimum absolute atomic E-state index is 0.0213. The molecule has 1 fully saturated rings. The molecule has 0 atom stereocenters. The molecule has 1 N–H and O–H groups in total. The Hall–Kier alpha value is -2.15. The molecule has 2 amide bonds. The van der Waals surface area contributed by atoms with Gasteiger partial charge in [-0.3, -0.25) is 14.5 Å². The number of rotatable bonds is 10. The molecule has 29 heavy (non-hydrogen) atoms. The van der Waals surface area contributed by atoms with Crippen LogP contribution in [0.25, 0.3) is 0 Å². The molecule has 7 heteroatoms. The van der Waals surface area contributed by atoms with E-state index in [1.54, 1.807) is 11.0 Å². The van der Waals surface area contributed by atoms with Crippen LogP contribution >= 0.6 is 0 Å². The van der Waals surface area contributed by atoms with Crippen LogP contribution in [0, 0.1) is 5.82 Å². The molecule has 1 aliphatic heterocycles. The van der Waals surface area contributed by atoms with Gasteiger partial charge in [-0.1, -0.05) is 6.07 Å². The Labute approximate surface area is 173 Å². The van der Waals surface area contributed by atoms with Gasteiger partial charge in [-0.05, 0) is 50.8 Å². The van der Waals surface area contributed by atoms with Crippen molar-refractivity contribution in [3.05, 3.63) is 29.6 Å². The summed E-state index contributed by atoms with van der Waals surface area (Å²) in [4.78, 5) is 28.2. The lowest BCUT2D eigenvalue weighted by molar-refractivity contribution is -0.131. The van der Waals surface area contributed by atoms with E-state index >= 15 is 0 Å². The number of hydrogen-bond donors (Lipinski definition) is 1. The van der Waals surface area contributed by atoms with Crippen LogP contribution in [0.4, 0.5) is 4.39 Å². The molecular weight excluding hydrogens is 373 g/mol. The number of nitrogens with one attached hydrogen (secondary N) is 1. The van der Waals surface area contributed by atoms with Crippen LogP contribution in [0.2, 0.25) is 0 Å². The van der Waals surface area contributed by atoms with Crippen LogP contribution in [-0.4, -0.2) is 60.9 Å². The normalized spacial score (nSPS) is 15.2. The van der Waals surface area contributed by atoms with Gasteiger partial charge in [-0.25, -0.2) is 4.39 Å². The molecule has 1 aliphatic rings. The standard InChI is InChI=1S/C22H34FN3O3/c1-4-26(5-2)22(28)8-6-7-21(27)24-18-11-13-25(14-12-18)16-17-9-10-20(29-3)19(23)15-17/h9-10,15,18H,4-8,11-14,16H2,1-3H3,(H,24,27). The van der Waals surface area contributed by atoms with Crippen molar-refractivity contribution in [1.82, 2.24) is 15.1 Å². The van der Waals surface area contributed by atoms with Crippen molar-refractivity contribution < 1.29 is 18.7 Å². The van der Waals surface area contributed by atoms with E-state index < -0.39 is 0 Å². The summed E-state index contributed by atoms with van der Waals surface area (Å²) in [6.07, 6.45) is 3.15. The Morgan fingerprint density at radius 1 is 1.21 bits per heavy atom. The van der Waals surface area contributed by atoms with Gasteiger partial charge in [-0.2, -0.15) is 0 Å². The van der Waals surface area contributed by atoms with Crippen molar-refractivity contribution in [1.29, 1.82) is 0 Å². The largest absolute Gasteiger partial charge is 0.494 e. The first-order valence-corrected chi connectivity index (χ1v) is 10.6. The lowest BCUT2D eigenvalue weighted by Gasteiger charge is -2.32. The molecule has 1 aromatic carbocycles. The third-order valence-electron chi connectivity index (χ3n) is 5.49. The van der Waals surface area contributed by atoms with Gasteiger partial charge in [0.15, 0.2) is 11.6 Å². The summed E-state index contributed by atoms with van der Waals surface area (Å²) in [5.74, 6) is 0.0553. The molecule has 0 saturated carbocycles. The number of carbonyl (C=O) groups excluding carboxylic acids is 2. The number of benzene rings is 1. The zero-order valence-electron chi connectivity index (χ0n) is 17.9. The smallest absolute Gasteiger partial charge is 0.222 e. The number of halogens is 1. The predicted molar refractivity (Wildman–Crippen MR) is 111 cm³/mol. The molecule has 6 nitrogen and oxygen atoms in total. The maximum Gasteiger partial charge on any atom is 0.222 e. The summed E-state index contributed by atoms with van der Waals surface area (Å²) in [5.41, 5.74) is 0.920. The number of hydrogen-bond acceptors (Lipinski definition) is 4. The number of carbonyl (C=O) groups is 2. The highest BCUT2D eigenvalue weighted by atomic mass is 19.1. The number of methoxy groups -OCH3 is 1. The molecule has 2 rings (SSSR count). The molecule has 0 spiro atoms. The SMILES string of the molecule is CCN(CC)C(=O)CCCC(=O)NC1CCN(Cc2ccc(OC)c(F)c2)CC1. The maximum atomic E-state index is 13.8. The van der Waals surface area contributed by atoms with Crippen molar-refractivity contribution in [2.45, 2.75) is 58.5 Å². The van der Waals surface area contributed by atoms with Crippen molar-refractivity contribution in [3.8, 4) is 5.75 Å². The first kappa shape index (κ1) is 23.1. The average Bonchev–Trinajstić information content (AvgIpc) is 2.70. The van der Waals surface area contributed by atoms with E-state index in [9.17, 15) is 14.0 Å². The summed E-state index contributed by atoms with van der Waals surface area (Å²) in [7, 11) is 1.46. The summed E-state index contributed by atoms with van der Waals surface area (Å²) < 4.78 is 18.8. The molecule has 0 bridgehead atoms. The maximum absolute atomic E-state index is 13.8. The third kappa shape index (κ3) is 7.31. The molecule has 0 radical (unpaired) electrons. The lowest BCUT2D eigenvalue weighted by atomic mass is 10.0. The second kappa shape index (κ2) is 11.8. The van der Waals surface area contributed by atoms with Crippen molar-refractivity contribution in [3.63, 3.8) is 0 Å². The Morgan fingerprint density at radius 3 is 2.48 bits per heavy atom. The number of piperidine rings is 1. The van der Waals surface area contributed by atoms with Gasteiger partial charge < -0.3 is 15.0 Å². The van der Waals surface area contributed by atoms with E-state index in [0.29, 0.717) is 38.9 Å².